The highest BCUT2D eigenvalue weighted by Crippen LogP contribution is 2.11. The van der Waals surface area contributed by atoms with Crippen LogP contribution in [0.4, 0.5) is 5.69 Å². The van der Waals surface area contributed by atoms with Gasteiger partial charge in [-0.1, -0.05) is 12.1 Å². The van der Waals surface area contributed by atoms with Crippen molar-refractivity contribution in [3.8, 4) is 0 Å². The van der Waals surface area contributed by atoms with Gasteiger partial charge in [0.2, 0.25) is 0 Å². The number of benzene rings is 1. The van der Waals surface area contributed by atoms with E-state index in [1.165, 1.54) is 0 Å². The predicted octanol–water partition coefficient (Wildman–Crippen LogP) is 2.16. The Morgan fingerprint density at radius 2 is 2.30 bits per heavy atom. The van der Waals surface area contributed by atoms with Crippen LogP contribution in [0.15, 0.2) is 29.4 Å². The second-order valence-corrected chi connectivity index (χ2v) is 1.82. The maximum absolute atomic E-state index is 10.2. The molecule has 1 rings (SSSR count). The third kappa shape index (κ3) is 1.25. The largest absolute Gasteiger partial charge is 0.298 e. The first-order chi connectivity index (χ1) is 4.86. The molecule has 0 saturated carbocycles. The van der Waals surface area contributed by atoms with Crippen molar-refractivity contribution >= 4 is 12.0 Å². The fourth-order valence-electron chi connectivity index (χ4n) is 0.668. The summed E-state index contributed by atoms with van der Waals surface area (Å²) in [4.78, 5) is 10.2. The van der Waals surface area contributed by atoms with Crippen LogP contribution < -0.4 is 0 Å². The third-order valence-electron chi connectivity index (χ3n) is 1.14. The topological polar surface area (TPSA) is 53.3 Å². The van der Waals surface area contributed by atoms with Crippen molar-refractivity contribution in [1.82, 2.24) is 0 Å². The Morgan fingerprint density at radius 3 is 2.90 bits per heavy atom. The molecule has 1 aromatic rings. The van der Waals surface area contributed by atoms with Crippen molar-refractivity contribution in [1.29, 1.82) is 5.53 Å². The molecule has 0 aliphatic rings. The van der Waals surface area contributed by atoms with Crippen LogP contribution in [0.2, 0.25) is 0 Å². The molecule has 3 heteroatoms. The van der Waals surface area contributed by atoms with Gasteiger partial charge < -0.3 is 0 Å². The molecule has 0 spiro atoms. The minimum atomic E-state index is 0.504. The van der Waals surface area contributed by atoms with Crippen molar-refractivity contribution in [2.75, 3.05) is 0 Å². The molecular formula is C7H6N2O. The van der Waals surface area contributed by atoms with Crippen LogP contribution in [0.5, 0.6) is 0 Å². The van der Waals surface area contributed by atoms with Crippen LogP contribution in [0.1, 0.15) is 10.4 Å². The molecule has 0 fully saturated rings. The number of rotatable bonds is 2. The molecule has 0 heterocycles. The zero-order valence-corrected chi connectivity index (χ0v) is 5.24. The highest BCUT2D eigenvalue weighted by molar-refractivity contribution is 5.76. The van der Waals surface area contributed by atoms with Crippen molar-refractivity contribution in [2.24, 2.45) is 5.11 Å². The number of nitrogens with zero attached hydrogens (tertiary/aromatic N) is 1. The molecule has 10 heavy (non-hydrogen) atoms. The summed E-state index contributed by atoms with van der Waals surface area (Å²) in [5, 5.41) is 3.17. The zero-order chi connectivity index (χ0) is 7.40. The molecule has 0 atom stereocenters. The van der Waals surface area contributed by atoms with Crippen molar-refractivity contribution < 1.29 is 4.79 Å². The Morgan fingerprint density at radius 1 is 1.50 bits per heavy atom. The van der Waals surface area contributed by atoms with Crippen molar-refractivity contribution in [2.45, 2.75) is 0 Å². The lowest BCUT2D eigenvalue weighted by atomic mass is 10.2. The summed E-state index contributed by atoms with van der Waals surface area (Å²) in [5.74, 6) is 0. The number of hydrogen-bond acceptors (Lipinski definition) is 3. The van der Waals surface area contributed by atoms with E-state index in [4.69, 9.17) is 5.53 Å². The van der Waals surface area contributed by atoms with Crippen LogP contribution in [0, 0.1) is 5.53 Å². The van der Waals surface area contributed by atoms with Gasteiger partial charge in [-0.05, 0) is 12.1 Å². The molecule has 0 aliphatic heterocycles. The van der Waals surface area contributed by atoms with E-state index in [0.29, 0.717) is 11.3 Å². The van der Waals surface area contributed by atoms with Crippen LogP contribution in [-0.4, -0.2) is 6.29 Å². The summed E-state index contributed by atoms with van der Waals surface area (Å²) in [7, 11) is 0. The Hall–Kier alpha value is -1.51. The lowest BCUT2D eigenvalue weighted by molar-refractivity contribution is 0.112. The van der Waals surface area contributed by atoms with Gasteiger partial charge in [-0.15, -0.1) is 0 Å². The standard InChI is InChI=1S/C7H6N2O/c8-9-7-3-1-2-6(4-7)5-10/h1-5,8H. The quantitative estimate of drug-likeness (QED) is 0.489. The van der Waals surface area contributed by atoms with E-state index in [1.54, 1.807) is 24.3 Å². The maximum atomic E-state index is 10.2. The van der Waals surface area contributed by atoms with E-state index >= 15 is 0 Å². The monoisotopic (exact) mass is 134 g/mol. The number of carbonyl (C=O) groups is 1. The van der Waals surface area contributed by atoms with Gasteiger partial charge in [0.1, 0.15) is 6.29 Å². The van der Waals surface area contributed by atoms with Gasteiger partial charge in [-0.3, -0.25) is 4.79 Å². The number of nitrogens with one attached hydrogen (secondary N) is 1. The lowest BCUT2D eigenvalue weighted by Crippen LogP contribution is -1.75. The van der Waals surface area contributed by atoms with Gasteiger partial charge in [-0.2, -0.15) is 5.11 Å². The summed E-state index contributed by atoms with van der Waals surface area (Å²) in [6, 6.07) is 6.58. The maximum Gasteiger partial charge on any atom is 0.150 e. The van der Waals surface area contributed by atoms with E-state index in [-0.39, 0.29) is 0 Å². The van der Waals surface area contributed by atoms with E-state index in [2.05, 4.69) is 5.11 Å². The second kappa shape index (κ2) is 2.87. The van der Waals surface area contributed by atoms with E-state index in [0.717, 1.165) is 6.29 Å². The van der Waals surface area contributed by atoms with E-state index in [1.807, 2.05) is 0 Å². The average Bonchev–Trinajstić information content (AvgIpc) is 2.05. The predicted molar refractivity (Wildman–Crippen MR) is 36.6 cm³/mol. The van der Waals surface area contributed by atoms with Crippen LogP contribution in [-0.2, 0) is 0 Å². The Kier molecular flexibility index (Phi) is 1.89. The molecule has 0 saturated heterocycles. The summed E-state index contributed by atoms with van der Waals surface area (Å²) in [6.07, 6.45) is 0.731. The van der Waals surface area contributed by atoms with Crippen LogP contribution >= 0.6 is 0 Å². The van der Waals surface area contributed by atoms with Crippen molar-refractivity contribution in [3.63, 3.8) is 0 Å². The second-order valence-electron chi connectivity index (χ2n) is 1.82. The average molecular weight is 134 g/mol. The molecule has 0 aromatic heterocycles. The zero-order valence-electron chi connectivity index (χ0n) is 5.24. The summed E-state index contributed by atoms with van der Waals surface area (Å²) < 4.78 is 0. The Labute approximate surface area is 58.2 Å². The first kappa shape index (κ1) is 6.61. The van der Waals surface area contributed by atoms with Crippen molar-refractivity contribution in [3.05, 3.63) is 29.8 Å². The van der Waals surface area contributed by atoms with Crippen LogP contribution in [0.3, 0.4) is 0 Å². The summed E-state index contributed by atoms with van der Waals surface area (Å²) in [5.41, 5.74) is 7.68. The molecule has 0 bridgehead atoms. The molecule has 0 amide bonds. The minimum Gasteiger partial charge on any atom is -0.298 e. The van der Waals surface area contributed by atoms with Crippen LogP contribution in [0.25, 0.3) is 0 Å². The van der Waals surface area contributed by atoms with E-state index < -0.39 is 0 Å². The highest BCUT2D eigenvalue weighted by atomic mass is 16.1. The summed E-state index contributed by atoms with van der Waals surface area (Å²) >= 11 is 0. The van der Waals surface area contributed by atoms with Gasteiger partial charge >= 0.3 is 0 Å². The Bertz CT molecular complexity index is 234. The fourth-order valence-corrected chi connectivity index (χ4v) is 0.668. The third-order valence-corrected chi connectivity index (χ3v) is 1.14. The molecule has 50 valence electrons. The molecule has 3 nitrogen and oxygen atoms in total. The normalized spacial score (nSPS) is 8.80. The molecule has 1 aromatic carbocycles. The van der Waals surface area contributed by atoms with E-state index in [9.17, 15) is 4.79 Å². The molecule has 0 aliphatic carbocycles. The van der Waals surface area contributed by atoms with Gasteiger partial charge in [-0.25, -0.2) is 5.53 Å². The fraction of sp³-hybridized carbons (Fsp3) is 0. The Balaban J connectivity index is 3.09. The number of carbonyl (C=O) groups excluding carboxylic acids is 1. The molecule has 1 N–H and O–H groups in total. The van der Waals surface area contributed by atoms with Gasteiger partial charge in [0.05, 0.1) is 5.69 Å². The summed E-state index contributed by atoms with van der Waals surface area (Å²) in [6.45, 7) is 0. The SMILES string of the molecule is N=Nc1cccc(C=O)c1. The minimum absolute atomic E-state index is 0.504. The van der Waals surface area contributed by atoms with Gasteiger partial charge in [0.25, 0.3) is 0 Å². The molecular weight excluding hydrogens is 128 g/mol. The molecule has 0 unspecified atom stereocenters. The number of aldehydes is 1. The molecule has 0 radical (unpaired) electrons. The number of hydrogen-bond donors (Lipinski definition) is 1. The first-order valence-electron chi connectivity index (χ1n) is 2.79. The smallest absolute Gasteiger partial charge is 0.150 e. The highest BCUT2D eigenvalue weighted by Gasteiger charge is 1.89. The van der Waals surface area contributed by atoms with Gasteiger partial charge in [0.15, 0.2) is 0 Å². The first-order valence-corrected chi connectivity index (χ1v) is 2.79. The lowest BCUT2D eigenvalue weighted by Gasteiger charge is -1.89. The van der Waals surface area contributed by atoms with Gasteiger partial charge in [0, 0.05) is 5.56 Å².